The van der Waals surface area contributed by atoms with Crippen molar-refractivity contribution in [3.8, 4) is 0 Å². The number of fused-ring (bicyclic) bond motifs is 3. The maximum Gasteiger partial charge on any atom is 0.241 e. The lowest BCUT2D eigenvalue weighted by Gasteiger charge is -2.28. The van der Waals surface area contributed by atoms with Gasteiger partial charge in [-0.2, -0.15) is 5.23 Å². The average molecular weight is 470 g/mol. The van der Waals surface area contributed by atoms with E-state index in [-0.39, 0.29) is 22.5 Å². The highest BCUT2D eigenvalue weighted by atomic mass is 16.8. The third-order valence-electron chi connectivity index (χ3n) is 7.02. The minimum absolute atomic E-state index is 0.109. The molecule has 0 bridgehead atoms. The number of carbonyl (C=O) groups excluding carboxylic acids is 4. The molecule has 2 N–H and O–H groups in total. The van der Waals surface area contributed by atoms with Crippen molar-refractivity contribution in [2.24, 2.45) is 11.8 Å². The summed E-state index contributed by atoms with van der Waals surface area (Å²) in [5.74, 6) is -5.50. The Balaban J connectivity index is 1.56. The third kappa shape index (κ3) is 2.71. The Hall–Kier alpha value is -4.02. The molecule has 3 aromatic rings. The van der Waals surface area contributed by atoms with Crippen molar-refractivity contribution in [1.82, 2.24) is 0 Å². The van der Waals surface area contributed by atoms with E-state index < -0.39 is 52.1 Å². The molecule has 1 spiro atoms. The highest BCUT2D eigenvalue weighted by Gasteiger charge is 2.75. The molecule has 9 heteroatoms. The van der Waals surface area contributed by atoms with Gasteiger partial charge in [-0.15, -0.1) is 0 Å². The van der Waals surface area contributed by atoms with Gasteiger partial charge >= 0.3 is 0 Å². The molecule has 9 nitrogen and oxygen atoms in total. The van der Waals surface area contributed by atoms with Crippen LogP contribution in [0, 0.1) is 17.0 Å². The second kappa shape index (κ2) is 7.49. The highest BCUT2D eigenvalue weighted by Crippen LogP contribution is 2.57. The fraction of sp³-hybridized carbons (Fsp3) is 0.154. The van der Waals surface area contributed by atoms with E-state index in [1.807, 2.05) is 0 Å². The third-order valence-corrected chi connectivity index (χ3v) is 7.02. The van der Waals surface area contributed by atoms with E-state index in [1.165, 1.54) is 36.4 Å². The van der Waals surface area contributed by atoms with Gasteiger partial charge in [0.05, 0.1) is 17.9 Å². The van der Waals surface area contributed by atoms with Gasteiger partial charge in [0, 0.05) is 17.2 Å². The van der Waals surface area contributed by atoms with Crippen LogP contribution in [0.4, 0.5) is 11.4 Å². The first-order valence-electron chi connectivity index (χ1n) is 11.0. The van der Waals surface area contributed by atoms with Crippen molar-refractivity contribution in [2.45, 2.75) is 11.7 Å². The number of carbonyl (C=O) groups is 4. The lowest BCUT2D eigenvalue weighted by atomic mass is 9.77. The SMILES string of the molecule is O=C1[C@@H]2[C@@H](C(=O)N1c1ccccc1[NH+]([O-])O)C1(O[C@H]2c2ccccc2)C(=O)c2ccccc2C1=O. The lowest BCUT2D eigenvalue weighted by Crippen LogP contribution is -2.99. The monoisotopic (exact) mass is 470 g/mol. The summed E-state index contributed by atoms with van der Waals surface area (Å²) in [6.45, 7) is 0. The molecule has 1 unspecified atom stereocenters. The van der Waals surface area contributed by atoms with E-state index >= 15 is 0 Å². The van der Waals surface area contributed by atoms with Gasteiger partial charge in [-0.3, -0.25) is 19.2 Å². The Kier molecular flexibility index (Phi) is 4.60. The van der Waals surface area contributed by atoms with Crippen LogP contribution in [-0.4, -0.2) is 34.2 Å². The van der Waals surface area contributed by atoms with Gasteiger partial charge in [0.2, 0.25) is 29.0 Å². The molecule has 0 saturated carbocycles. The normalized spacial score (nSPS) is 25.3. The summed E-state index contributed by atoms with van der Waals surface area (Å²) in [6.07, 6.45) is -1.05. The van der Waals surface area contributed by atoms with Gasteiger partial charge in [-0.25, -0.2) is 10.1 Å². The second-order valence-corrected chi connectivity index (χ2v) is 8.73. The predicted molar refractivity (Wildman–Crippen MR) is 120 cm³/mol. The summed E-state index contributed by atoms with van der Waals surface area (Å²) in [4.78, 5) is 55.9. The molecule has 174 valence electrons. The van der Waals surface area contributed by atoms with Crippen LogP contribution < -0.4 is 10.1 Å². The number of Topliss-reactive ketones (excluding diaryl/α,β-unsaturated/α-hetero) is 2. The zero-order valence-corrected chi connectivity index (χ0v) is 18.1. The molecule has 2 heterocycles. The summed E-state index contributed by atoms with van der Waals surface area (Å²) < 4.78 is 6.19. The Morgan fingerprint density at radius 2 is 1.37 bits per heavy atom. The molecular formula is C26H18N2O7. The minimum Gasteiger partial charge on any atom is -0.595 e. The number of amides is 2. The zero-order chi connectivity index (χ0) is 24.5. The molecule has 3 aliphatic rings. The summed E-state index contributed by atoms with van der Waals surface area (Å²) in [6, 6.07) is 20.5. The Morgan fingerprint density at radius 3 is 2.00 bits per heavy atom. The van der Waals surface area contributed by atoms with E-state index in [0.29, 0.717) is 5.56 Å². The fourth-order valence-electron chi connectivity index (χ4n) is 5.55. The number of rotatable bonds is 3. The van der Waals surface area contributed by atoms with Crippen molar-refractivity contribution < 1.29 is 34.3 Å². The highest BCUT2D eigenvalue weighted by molar-refractivity contribution is 6.37. The molecule has 2 aliphatic heterocycles. The Morgan fingerprint density at radius 1 is 0.800 bits per heavy atom. The number of quaternary nitrogens is 1. The summed E-state index contributed by atoms with van der Waals surface area (Å²) in [5, 5.41) is 20.2. The molecule has 4 atom stereocenters. The van der Waals surface area contributed by atoms with Crippen LogP contribution in [0.2, 0.25) is 0 Å². The smallest absolute Gasteiger partial charge is 0.241 e. The summed E-state index contributed by atoms with van der Waals surface area (Å²) in [7, 11) is 0. The minimum atomic E-state index is -2.20. The van der Waals surface area contributed by atoms with Crippen LogP contribution in [0.3, 0.4) is 0 Å². The van der Waals surface area contributed by atoms with Crippen LogP contribution in [-0.2, 0) is 14.3 Å². The molecule has 2 saturated heterocycles. The van der Waals surface area contributed by atoms with E-state index in [4.69, 9.17) is 4.74 Å². The number of ketones is 2. The van der Waals surface area contributed by atoms with Crippen molar-refractivity contribution in [3.63, 3.8) is 0 Å². The number of nitrogens with one attached hydrogen (secondary N) is 1. The first kappa shape index (κ1) is 21.5. The number of anilines is 1. The van der Waals surface area contributed by atoms with Gasteiger partial charge in [0.25, 0.3) is 0 Å². The van der Waals surface area contributed by atoms with Crippen LogP contribution in [0.5, 0.6) is 0 Å². The van der Waals surface area contributed by atoms with Crippen LogP contribution >= 0.6 is 0 Å². The average Bonchev–Trinajstić information content (AvgIpc) is 3.44. The number of hydrogen-bond donors (Lipinski definition) is 2. The summed E-state index contributed by atoms with van der Waals surface area (Å²) >= 11 is 0. The van der Waals surface area contributed by atoms with Gasteiger partial charge < -0.3 is 9.94 Å². The molecule has 2 fully saturated rings. The number of para-hydroxylation sites is 2. The molecule has 6 rings (SSSR count). The van der Waals surface area contributed by atoms with Gasteiger partial charge in [0.15, 0.2) is 5.69 Å². The van der Waals surface area contributed by atoms with Gasteiger partial charge in [-0.1, -0.05) is 66.7 Å². The van der Waals surface area contributed by atoms with Crippen LogP contribution in [0.1, 0.15) is 32.4 Å². The Bertz CT molecular complexity index is 1380. The number of benzene rings is 3. The van der Waals surface area contributed by atoms with Crippen molar-refractivity contribution >= 4 is 34.8 Å². The first-order valence-corrected chi connectivity index (χ1v) is 11.0. The maximum atomic E-state index is 13.9. The van der Waals surface area contributed by atoms with E-state index in [1.54, 1.807) is 42.5 Å². The standard InChI is InChI=1S/C26H18N2O7/c29-22-15-10-4-5-11-16(15)23(30)26(22)20-19(21(35-26)14-8-2-1-3-9-14)24(31)27(25(20)32)17-12-6-7-13-18(17)28(33)34/h1-13,19-21,28,33H/t19-,20+,21+/m1/s1. The number of nitrogens with zero attached hydrogens (tertiary/aromatic N) is 1. The van der Waals surface area contributed by atoms with Crippen molar-refractivity contribution in [2.75, 3.05) is 4.90 Å². The van der Waals surface area contributed by atoms with Crippen molar-refractivity contribution in [1.29, 1.82) is 0 Å². The van der Waals surface area contributed by atoms with E-state index in [2.05, 4.69) is 0 Å². The summed E-state index contributed by atoms with van der Waals surface area (Å²) in [5.41, 5.74) is -1.75. The van der Waals surface area contributed by atoms with Gasteiger partial charge in [0.1, 0.15) is 5.69 Å². The first-order chi connectivity index (χ1) is 16.9. The van der Waals surface area contributed by atoms with E-state index in [9.17, 15) is 29.6 Å². The van der Waals surface area contributed by atoms with Gasteiger partial charge in [-0.05, 0) is 11.6 Å². The fourth-order valence-corrected chi connectivity index (χ4v) is 5.55. The molecule has 1 aliphatic carbocycles. The number of hydrogen-bond acceptors (Lipinski definition) is 7. The lowest BCUT2D eigenvalue weighted by molar-refractivity contribution is -0.990. The van der Waals surface area contributed by atoms with Crippen LogP contribution in [0.15, 0.2) is 78.9 Å². The topological polar surface area (TPSA) is 128 Å². The van der Waals surface area contributed by atoms with Crippen LogP contribution in [0.25, 0.3) is 0 Å². The maximum absolute atomic E-state index is 13.9. The van der Waals surface area contributed by atoms with E-state index in [0.717, 1.165) is 4.90 Å². The Labute approximate surface area is 198 Å². The molecule has 35 heavy (non-hydrogen) atoms. The largest absolute Gasteiger partial charge is 0.595 e. The predicted octanol–water partition coefficient (Wildman–Crippen LogP) is 1.79. The molecule has 3 aromatic carbocycles. The molecule has 0 aromatic heterocycles. The number of ether oxygens (including phenoxy) is 1. The molecular weight excluding hydrogens is 452 g/mol. The quantitative estimate of drug-likeness (QED) is 0.339. The number of imide groups is 1. The second-order valence-electron chi connectivity index (χ2n) is 8.73. The zero-order valence-electron chi connectivity index (χ0n) is 18.1. The van der Waals surface area contributed by atoms with Crippen molar-refractivity contribution in [3.05, 3.63) is 101 Å². The molecule has 2 amide bonds. The molecule has 0 radical (unpaired) electrons.